The number of hydrogen-bond acceptors (Lipinski definition) is 5. The number of allylic oxidation sites excluding steroid dienone is 2. The summed E-state index contributed by atoms with van der Waals surface area (Å²) in [6.45, 7) is 2.20. The highest BCUT2D eigenvalue weighted by Crippen LogP contribution is 2.17. The van der Waals surface area contributed by atoms with Gasteiger partial charge in [0.2, 0.25) is 0 Å². The normalized spacial score (nSPS) is 11.1. The second-order valence-electron chi connectivity index (χ2n) is 5.95. The summed E-state index contributed by atoms with van der Waals surface area (Å²) < 4.78 is 0. The van der Waals surface area contributed by atoms with E-state index in [1.807, 2.05) is 6.08 Å². The molecule has 0 unspecified atom stereocenters. The van der Waals surface area contributed by atoms with Gasteiger partial charge in [0.1, 0.15) is 9.85 Å². The molecule has 0 radical (unpaired) electrons. The van der Waals surface area contributed by atoms with Gasteiger partial charge in [0.05, 0.1) is 6.42 Å². The lowest BCUT2D eigenvalue weighted by Crippen LogP contribution is -2.47. The van der Waals surface area contributed by atoms with Gasteiger partial charge < -0.3 is 0 Å². The fourth-order valence-corrected chi connectivity index (χ4v) is 2.29. The monoisotopic (exact) mass is 352 g/mol. The number of carbonyl (C=O) groups excluding carboxylic acids is 1. The number of rotatable bonds is 14. The van der Waals surface area contributed by atoms with E-state index in [9.17, 15) is 25.0 Å². The third-order valence-electron chi connectivity index (χ3n) is 3.90. The number of hydrogen-bond donors (Lipinski definition) is 0. The average molecular weight is 352 g/mol. The quantitative estimate of drug-likeness (QED) is 0.0881. The Bertz CT molecular complexity index is 491. The van der Waals surface area contributed by atoms with Crippen LogP contribution in [-0.4, -0.2) is 21.8 Å². The molecule has 0 aliphatic heterocycles. The van der Waals surface area contributed by atoms with Gasteiger partial charge in [-0.3, -0.25) is 25.0 Å². The van der Waals surface area contributed by atoms with Gasteiger partial charge in [0.25, 0.3) is 6.29 Å². The summed E-state index contributed by atoms with van der Waals surface area (Å²) in [6.07, 6.45) is 12.6. The maximum absolute atomic E-state index is 10.8. The van der Waals surface area contributed by atoms with Crippen LogP contribution in [0.2, 0.25) is 0 Å². The number of unbranched alkanes of at least 4 members (excludes halogenated alkanes) is 7. The third kappa shape index (κ3) is 9.60. The Hall–Kier alpha value is -2.23. The first kappa shape index (κ1) is 22.8. The maximum Gasteiger partial charge on any atom is 0.512 e. The Morgan fingerprint density at radius 2 is 1.56 bits per heavy atom. The van der Waals surface area contributed by atoms with Crippen LogP contribution in [0.1, 0.15) is 77.6 Å². The zero-order valence-electron chi connectivity index (χ0n) is 14.9. The molecule has 0 amide bonds. The molecule has 0 aliphatic carbocycles. The molecule has 0 rings (SSSR count). The molecule has 0 fully saturated rings. The average Bonchev–Trinajstić information content (AvgIpc) is 2.58. The standard InChI is InChI=1S/C18H28N2O5/c1-2-3-4-5-6-7-8-9-10-11-12-13-14-15-16-18(17-21,19(22)23)20(24)25/h12-13,17H,2-8,11,14-16H2,1H3/b13-12+. The predicted molar refractivity (Wildman–Crippen MR) is 96.2 cm³/mol. The van der Waals surface area contributed by atoms with Crippen molar-refractivity contribution >= 4 is 6.29 Å². The smallest absolute Gasteiger partial charge is 0.287 e. The van der Waals surface area contributed by atoms with Crippen molar-refractivity contribution in [2.45, 2.75) is 83.2 Å². The van der Waals surface area contributed by atoms with E-state index in [-0.39, 0.29) is 12.7 Å². The van der Waals surface area contributed by atoms with E-state index in [4.69, 9.17) is 0 Å². The van der Waals surface area contributed by atoms with Crippen LogP contribution in [-0.2, 0) is 4.79 Å². The summed E-state index contributed by atoms with van der Waals surface area (Å²) in [6, 6.07) is 0. The van der Waals surface area contributed by atoms with Crippen LogP contribution >= 0.6 is 0 Å². The summed E-state index contributed by atoms with van der Waals surface area (Å²) in [5.74, 6) is 6.14. The van der Waals surface area contributed by atoms with Gasteiger partial charge in [-0.2, -0.15) is 0 Å². The lowest BCUT2D eigenvalue weighted by molar-refractivity contribution is -0.774. The van der Waals surface area contributed by atoms with Gasteiger partial charge in [-0.1, -0.05) is 57.1 Å². The Balaban J connectivity index is 3.87. The van der Waals surface area contributed by atoms with E-state index in [0.29, 0.717) is 12.8 Å². The van der Waals surface area contributed by atoms with Crippen LogP contribution < -0.4 is 0 Å². The van der Waals surface area contributed by atoms with Crippen molar-refractivity contribution in [2.75, 3.05) is 0 Å². The summed E-state index contributed by atoms with van der Waals surface area (Å²) in [5, 5.41) is 21.5. The van der Waals surface area contributed by atoms with Crippen molar-refractivity contribution in [3.63, 3.8) is 0 Å². The molecule has 0 aromatic rings. The van der Waals surface area contributed by atoms with Crippen LogP contribution in [0.25, 0.3) is 0 Å². The van der Waals surface area contributed by atoms with Crippen molar-refractivity contribution in [3.8, 4) is 11.8 Å². The van der Waals surface area contributed by atoms with Crippen molar-refractivity contribution in [3.05, 3.63) is 32.4 Å². The minimum absolute atomic E-state index is 0.190. The van der Waals surface area contributed by atoms with E-state index in [2.05, 4.69) is 18.8 Å². The Morgan fingerprint density at radius 1 is 0.920 bits per heavy atom. The molecule has 140 valence electrons. The Labute approximate surface area is 149 Å². The van der Waals surface area contributed by atoms with Crippen LogP contribution in [0.5, 0.6) is 0 Å². The summed E-state index contributed by atoms with van der Waals surface area (Å²) in [5.41, 5.74) is -2.72. The minimum Gasteiger partial charge on any atom is -0.287 e. The number of nitro groups is 2. The molecule has 0 saturated heterocycles. The molecule has 0 saturated carbocycles. The molecule has 7 heteroatoms. The maximum atomic E-state index is 10.8. The molecule has 25 heavy (non-hydrogen) atoms. The first-order valence-corrected chi connectivity index (χ1v) is 8.87. The predicted octanol–water partition coefficient (Wildman–Crippen LogP) is 4.31. The molecule has 7 nitrogen and oxygen atoms in total. The fraction of sp³-hybridized carbons (Fsp3) is 0.722. The van der Waals surface area contributed by atoms with Crippen LogP contribution in [0, 0.1) is 32.1 Å². The Kier molecular flexibility index (Phi) is 12.9. The second-order valence-corrected chi connectivity index (χ2v) is 5.95. The summed E-state index contributed by atoms with van der Waals surface area (Å²) in [7, 11) is 0. The van der Waals surface area contributed by atoms with E-state index in [1.165, 1.54) is 32.1 Å². The molecule has 0 heterocycles. The van der Waals surface area contributed by atoms with Gasteiger partial charge >= 0.3 is 5.66 Å². The molecular weight excluding hydrogens is 324 g/mol. The molecular formula is C18H28N2O5. The van der Waals surface area contributed by atoms with Crippen molar-refractivity contribution < 1.29 is 14.6 Å². The molecule has 0 bridgehead atoms. The molecule has 0 aromatic carbocycles. The SMILES string of the molecule is CCCCCCCCC#CC/C=C/CCCC(C=O)([N+](=O)[O-])[N+](=O)[O-]. The fourth-order valence-electron chi connectivity index (χ4n) is 2.29. The largest absolute Gasteiger partial charge is 0.512 e. The molecule has 0 spiro atoms. The highest BCUT2D eigenvalue weighted by Gasteiger charge is 2.55. The van der Waals surface area contributed by atoms with Gasteiger partial charge in [0, 0.05) is 12.8 Å². The van der Waals surface area contributed by atoms with Crippen molar-refractivity contribution in [1.82, 2.24) is 0 Å². The molecule has 0 aromatic heterocycles. The van der Waals surface area contributed by atoms with Crippen molar-refractivity contribution in [2.24, 2.45) is 0 Å². The number of aldehydes is 1. The first-order valence-electron chi connectivity index (χ1n) is 8.87. The van der Waals surface area contributed by atoms with E-state index in [1.54, 1.807) is 6.08 Å². The van der Waals surface area contributed by atoms with Crippen molar-refractivity contribution in [1.29, 1.82) is 0 Å². The van der Waals surface area contributed by atoms with E-state index in [0.717, 1.165) is 12.8 Å². The molecule has 0 N–H and O–H groups in total. The molecule has 0 aliphatic rings. The second kappa shape index (κ2) is 14.1. The van der Waals surface area contributed by atoms with Gasteiger partial charge in [-0.25, -0.2) is 0 Å². The number of carbonyl (C=O) groups is 1. The summed E-state index contributed by atoms with van der Waals surface area (Å²) >= 11 is 0. The highest BCUT2D eigenvalue weighted by molar-refractivity contribution is 5.59. The lowest BCUT2D eigenvalue weighted by Gasteiger charge is -2.09. The van der Waals surface area contributed by atoms with Crippen LogP contribution in [0.4, 0.5) is 0 Å². The zero-order valence-corrected chi connectivity index (χ0v) is 14.9. The Morgan fingerprint density at radius 3 is 2.16 bits per heavy atom. The van der Waals surface area contributed by atoms with Gasteiger partial charge in [-0.15, -0.1) is 5.92 Å². The summed E-state index contributed by atoms with van der Waals surface area (Å²) in [4.78, 5) is 30.0. The van der Waals surface area contributed by atoms with Crippen LogP contribution in [0.3, 0.4) is 0 Å². The van der Waals surface area contributed by atoms with E-state index < -0.39 is 21.9 Å². The number of nitrogens with zero attached hydrogens (tertiary/aromatic N) is 2. The van der Waals surface area contributed by atoms with Crippen LogP contribution in [0.15, 0.2) is 12.2 Å². The molecule has 0 atom stereocenters. The third-order valence-corrected chi connectivity index (χ3v) is 3.90. The van der Waals surface area contributed by atoms with Gasteiger partial charge in [-0.05, 0) is 19.3 Å². The zero-order chi connectivity index (χ0) is 19.0. The topological polar surface area (TPSA) is 103 Å². The highest BCUT2D eigenvalue weighted by atomic mass is 16.7. The van der Waals surface area contributed by atoms with E-state index >= 15 is 0 Å². The first-order chi connectivity index (χ1) is 12.0. The lowest BCUT2D eigenvalue weighted by atomic mass is 10.1. The van der Waals surface area contributed by atoms with Gasteiger partial charge in [0.15, 0.2) is 0 Å². The minimum atomic E-state index is -2.72.